The van der Waals surface area contributed by atoms with Crippen LogP contribution in [0, 0.1) is 0 Å². The number of aromatic nitrogens is 5. The van der Waals surface area contributed by atoms with Crippen LogP contribution in [0.1, 0.15) is 18.0 Å². The molecule has 0 fully saturated rings. The van der Waals surface area contributed by atoms with E-state index in [0.717, 1.165) is 62.0 Å². The van der Waals surface area contributed by atoms with Gasteiger partial charge >= 0.3 is 0 Å². The van der Waals surface area contributed by atoms with Crippen LogP contribution in [0.15, 0.2) is 162 Å². The standard InChI is InChI=1S/C43H29N5O/c1-5-15-28(16-6-1)35-27-36(29-17-7-2-8-18-29)45-42(44-35)33-24-14-26-37-38(33)32-23-13-25-34(39(32)49-37)43-47-40(30-19-9-3-10-20-30)46-41(48-43)31-21-11-4-12-22-31/h1-17,19-27,29H,18H2. The van der Waals surface area contributed by atoms with Crippen molar-refractivity contribution in [2.75, 3.05) is 0 Å². The molecule has 1 aliphatic carbocycles. The van der Waals surface area contributed by atoms with Crippen molar-refractivity contribution < 1.29 is 4.42 Å². The van der Waals surface area contributed by atoms with Crippen LogP contribution in [-0.2, 0) is 0 Å². The van der Waals surface area contributed by atoms with Gasteiger partial charge in [0.25, 0.3) is 0 Å². The minimum atomic E-state index is 0.169. The highest BCUT2D eigenvalue weighted by Gasteiger charge is 2.22. The topological polar surface area (TPSA) is 77.6 Å². The second kappa shape index (κ2) is 12.2. The lowest BCUT2D eigenvalue weighted by Crippen LogP contribution is -2.04. The van der Waals surface area contributed by atoms with Crippen LogP contribution in [0.4, 0.5) is 0 Å². The van der Waals surface area contributed by atoms with Gasteiger partial charge in [0.05, 0.1) is 17.0 Å². The lowest BCUT2D eigenvalue weighted by atomic mass is 9.95. The van der Waals surface area contributed by atoms with E-state index in [9.17, 15) is 0 Å². The predicted octanol–water partition coefficient (Wildman–Crippen LogP) is 10.5. The summed E-state index contributed by atoms with van der Waals surface area (Å²) in [6, 6.07) is 44.6. The third kappa shape index (κ3) is 5.39. The van der Waals surface area contributed by atoms with Crippen molar-refractivity contribution in [3.8, 4) is 56.8 Å². The van der Waals surface area contributed by atoms with Crippen molar-refractivity contribution in [3.05, 3.63) is 163 Å². The first-order valence-corrected chi connectivity index (χ1v) is 16.4. The van der Waals surface area contributed by atoms with Crippen LogP contribution in [0.5, 0.6) is 0 Å². The van der Waals surface area contributed by atoms with Gasteiger partial charge in [-0.2, -0.15) is 0 Å². The average Bonchev–Trinajstić information content (AvgIpc) is 3.58. The lowest BCUT2D eigenvalue weighted by Gasteiger charge is -2.15. The Labute approximate surface area is 283 Å². The van der Waals surface area contributed by atoms with Crippen LogP contribution in [-0.4, -0.2) is 24.9 Å². The first-order chi connectivity index (χ1) is 24.3. The molecule has 6 heteroatoms. The Balaban J connectivity index is 1.25. The number of para-hydroxylation sites is 1. The molecule has 0 spiro atoms. The van der Waals surface area contributed by atoms with Gasteiger partial charge in [-0.25, -0.2) is 24.9 Å². The molecule has 0 saturated heterocycles. The van der Waals surface area contributed by atoms with Gasteiger partial charge in [0, 0.05) is 38.9 Å². The fourth-order valence-electron chi connectivity index (χ4n) is 6.47. The molecular weight excluding hydrogens is 603 g/mol. The van der Waals surface area contributed by atoms with Crippen LogP contribution >= 0.6 is 0 Å². The van der Waals surface area contributed by atoms with E-state index in [-0.39, 0.29) is 5.92 Å². The number of allylic oxidation sites excluding steroid dienone is 4. The van der Waals surface area contributed by atoms with Crippen LogP contribution in [0.25, 0.3) is 78.7 Å². The summed E-state index contributed by atoms with van der Waals surface area (Å²) in [7, 11) is 0. The highest BCUT2D eigenvalue weighted by atomic mass is 16.3. The zero-order chi connectivity index (χ0) is 32.6. The molecule has 0 N–H and O–H groups in total. The maximum absolute atomic E-state index is 6.68. The fourth-order valence-corrected chi connectivity index (χ4v) is 6.47. The van der Waals surface area contributed by atoms with Crippen molar-refractivity contribution in [3.63, 3.8) is 0 Å². The number of rotatable bonds is 6. The summed E-state index contributed by atoms with van der Waals surface area (Å²) in [5, 5.41) is 1.90. The second-order valence-corrected chi connectivity index (χ2v) is 12.0. The molecule has 5 aromatic carbocycles. The van der Waals surface area contributed by atoms with E-state index in [1.165, 1.54) is 0 Å². The molecule has 8 aromatic rings. The van der Waals surface area contributed by atoms with Gasteiger partial charge in [0.1, 0.15) is 11.2 Å². The van der Waals surface area contributed by atoms with E-state index in [0.29, 0.717) is 28.9 Å². The quantitative estimate of drug-likeness (QED) is 0.182. The van der Waals surface area contributed by atoms with Crippen molar-refractivity contribution >= 4 is 21.9 Å². The first kappa shape index (κ1) is 28.7. The van der Waals surface area contributed by atoms with E-state index < -0.39 is 0 Å². The number of hydrogen-bond donors (Lipinski definition) is 0. The van der Waals surface area contributed by atoms with E-state index in [4.69, 9.17) is 29.3 Å². The molecule has 0 radical (unpaired) electrons. The molecule has 1 aliphatic rings. The second-order valence-electron chi connectivity index (χ2n) is 12.0. The van der Waals surface area contributed by atoms with Crippen LogP contribution < -0.4 is 0 Å². The summed E-state index contributed by atoms with van der Waals surface area (Å²) < 4.78 is 6.68. The van der Waals surface area contributed by atoms with Gasteiger partial charge in [-0.05, 0) is 24.6 Å². The molecule has 3 heterocycles. The Bertz CT molecular complexity index is 2460. The van der Waals surface area contributed by atoms with E-state index >= 15 is 0 Å². The van der Waals surface area contributed by atoms with Gasteiger partial charge < -0.3 is 4.42 Å². The number of hydrogen-bond acceptors (Lipinski definition) is 6. The van der Waals surface area contributed by atoms with Crippen LogP contribution in [0.2, 0.25) is 0 Å². The smallest absolute Gasteiger partial charge is 0.167 e. The van der Waals surface area contributed by atoms with Gasteiger partial charge in [-0.3, -0.25) is 0 Å². The highest BCUT2D eigenvalue weighted by Crippen LogP contribution is 2.40. The van der Waals surface area contributed by atoms with Gasteiger partial charge in [0.15, 0.2) is 23.3 Å². The monoisotopic (exact) mass is 631 g/mol. The first-order valence-electron chi connectivity index (χ1n) is 16.4. The number of fused-ring (bicyclic) bond motifs is 3. The molecule has 0 saturated carbocycles. The lowest BCUT2D eigenvalue weighted by molar-refractivity contribution is 0.669. The van der Waals surface area contributed by atoms with Gasteiger partial charge in [0.2, 0.25) is 0 Å². The molecule has 49 heavy (non-hydrogen) atoms. The molecule has 6 nitrogen and oxygen atoms in total. The fraction of sp³-hybridized carbons (Fsp3) is 0.0465. The Morgan fingerprint density at radius 2 is 1.12 bits per heavy atom. The SMILES string of the molecule is C1=CCC(c2cc(-c3ccccc3)nc(-c3cccc4oc5c(-c6nc(-c7ccccc7)nc(-c7ccccc7)n6)cccc5c34)n2)C=C1. The predicted molar refractivity (Wildman–Crippen MR) is 196 cm³/mol. The molecule has 9 rings (SSSR count). The van der Waals surface area contributed by atoms with Crippen LogP contribution in [0.3, 0.4) is 0 Å². The van der Waals surface area contributed by atoms with Gasteiger partial charge in [-0.15, -0.1) is 0 Å². The molecule has 0 aliphatic heterocycles. The van der Waals surface area contributed by atoms with E-state index in [2.05, 4.69) is 54.6 Å². The average molecular weight is 632 g/mol. The van der Waals surface area contributed by atoms with Gasteiger partial charge in [-0.1, -0.05) is 140 Å². The molecule has 1 atom stereocenters. The molecular formula is C43H29N5O. The number of nitrogens with zero attached hydrogens (tertiary/aromatic N) is 5. The summed E-state index contributed by atoms with van der Waals surface area (Å²) >= 11 is 0. The van der Waals surface area contributed by atoms with E-state index in [1.54, 1.807) is 0 Å². The Kier molecular flexibility index (Phi) is 7.17. The summed E-state index contributed by atoms with van der Waals surface area (Å²) in [5.41, 5.74) is 7.90. The molecule has 3 aromatic heterocycles. The summed E-state index contributed by atoms with van der Waals surface area (Å²) in [6.45, 7) is 0. The molecule has 1 unspecified atom stereocenters. The van der Waals surface area contributed by atoms with Crippen molar-refractivity contribution in [1.82, 2.24) is 24.9 Å². The Hall–Kier alpha value is -6.53. The summed E-state index contributed by atoms with van der Waals surface area (Å²) in [4.78, 5) is 25.2. The van der Waals surface area contributed by atoms with Crippen molar-refractivity contribution in [2.24, 2.45) is 0 Å². The largest absolute Gasteiger partial charge is 0.455 e. The molecule has 0 amide bonds. The number of furan rings is 1. The molecule has 0 bridgehead atoms. The minimum absolute atomic E-state index is 0.169. The maximum Gasteiger partial charge on any atom is 0.167 e. The van der Waals surface area contributed by atoms with Crippen molar-refractivity contribution in [1.29, 1.82) is 0 Å². The minimum Gasteiger partial charge on any atom is -0.455 e. The normalized spacial score (nSPS) is 14.1. The van der Waals surface area contributed by atoms with E-state index in [1.807, 2.05) is 103 Å². The Morgan fingerprint density at radius 3 is 1.80 bits per heavy atom. The summed E-state index contributed by atoms with van der Waals surface area (Å²) in [6.07, 6.45) is 9.48. The highest BCUT2D eigenvalue weighted by molar-refractivity contribution is 6.14. The van der Waals surface area contributed by atoms with Crippen molar-refractivity contribution in [2.45, 2.75) is 12.3 Å². The number of benzene rings is 5. The molecule has 232 valence electrons. The third-order valence-electron chi connectivity index (χ3n) is 8.88. The summed E-state index contributed by atoms with van der Waals surface area (Å²) in [5.74, 6) is 2.58. The zero-order valence-corrected chi connectivity index (χ0v) is 26.4. The Morgan fingerprint density at radius 1 is 0.510 bits per heavy atom. The third-order valence-corrected chi connectivity index (χ3v) is 8.88. The zero-order valence-electron chi connectivity index (χ0n) is 26.4. The maximum atomic E-state index is 6.68.